The summed E-state index contributed by atoms with van der Waals surface area (Å²) in [4.78, 5) is 39.5. The fourth-order valence-electron chi connectivity index (χ4n) is 3.44. The number of hydrogen-bond acceptors (Lipinski definition) is 3. The number of nitrogens with zero attached hydrogens (tertiary/aromatic N) is 2. The van der Waals surface area contributed by atoms with Crippen molar-refractivity contribution in [1.82, 2.24) is 4.90 Å². The molecule has 25 heavy (non-hydrogen) atoms. The Morgan fingerprint density at radius 3 is 2.36 bits per heavy atom. The number of carbonyl (C=O) groups excluding carboxylic acids is 2. The molecule has 8 heteroatoms. The molecule has 1 saturated heterocycles. The summed E-state index contributed by atoms with van der Waals surface area (Å²) >= 11 is 3.35. The molecular formula is C17H20BrN3O4. The van der Waals surface area contributed by atoms with Gasteiger partial charge in [-0.1, -0.05) is 15.9 Å². The van der Waals surface area contributed by atoms with Crippen molar-refractivity contribution in [1.29, 1.82) is 0 Å². The van der Waals surface area contributed by atoms with Crippen LogP contribution in [0.4, 0.5) is 10.5 Å². The van der Waals surface area contributed by atoms with Gasteiger partial charge in [-0.2, -0.15) is 0 Å². The van der Waals surface area contributed by atoms with Gasteiger partial charge in [0.05, 0.1) is 0 Å². The van der Waals surface area contributed by atoms with E-state index in [4.69, 9.17) is 5.73 Å². The van der Waals surface area contributed by atoms with Crippen molar-refractivity contribution in [3.8, 4) is 0 Å². The zero-order valence-electron chi connectivity index (χ0n) is 13.7. The predicted molar refractivity (Wildman–Crippen MR) is 95.2 cm³/mol. The molecule has 1 aromatic carbocycles. The number of likely N-dealkylation sites (tertiary alicyclic amines) is 1. The number of amides is 3. The van der Waals surface area contributed by atoms with Gasteiger partial charge < -0.3 is 10.8 Å². The smallest absolute Gasteiger partial charge is 0.407 e. The van der Waals surface area contributed by atoms with E-state index in [9.17, 15) is 19.5 Å². The SMILES string of the molecule is NC(=O)C1(N(C(=O)C2CCCCN2C(=O)O)c2ccc(Br)cc2)CC1. The Labute approximate surface area is 153 Å². The van der Waals surface area contributed by atoms with Gasteiger partial charge >= 0.3 is 6.09 Å². The monoisotopic (exact) mass is 409 g/mol. The van der Waals surface area contributed by atoms with E-state index in [1.165, 1.54) is 9.80 Å². The molecule has 3 rings (SSSR count). The lowest BCUT2D eigenvalue weighted by Gasteiger charge is -2.38. The van der Waals surface area contributed by atoms with Gasteiger partial charge in [0.25, 0.3) is 5.91 Å². The standard InChI is InChI=1S/C17H20BrN3O4/c18-11-4-6-12(7-5-11)21(17(8-9-17)15(19)23)14(22)13-3-1-2-10-20(13)16(24)25/h4-7,13H,1-3,8-10H2,(H2,19,23)(H,24,25). The predicted octanol–water partition coefficient (Wildman–Crippen LogP) is 2.33. The second kappa shape index (κ2) is 6.67. The third kappa shape index (κ3) is 3.22. The Hall–Kier alpha value is -2.09. The van der Waals surface area contributed by atoms with Crippen LogP contribution in [0, 0.1) is 0 Å². The normalized spacial score (nSPS) is 21.5. The lowest BCUT2D eigenvalue weighted by atomic mass is 9.99. The third-order valence-corrected chi connectivity index (χ3v) is 5.48. The summed E-state index contributed by atoms with van der Waals surface area (Å²) in [5.41, 5.74) is 5.10. The van der Waals surface area contributed by atoms with Crippen LogP contribution in [-0.2, 0) is 9.59 Å². The highest BCUT2D eigenvalue weighted by molar-refractivity contribution is 9.10. The molecule has 2 aliphatic rings. The molecule has 1 saturated carbocycles. The average Bonchev–Trinajstić information content (AvgIpc) is 3.38. The van der Waals surface area contributed by atoms with Crippen molar-refractivity contribution in [2.24, 2.45) is 5.73 Å². The highest BCUT2D eigenvalue weighted by Gasteiger charge is 2.57. The Morgan fingerprint density at radius 2 is 1.84 bits per heavy atom. The quantitative estimate of drug-likeness (QED) is 0.795. The van der Waals surface area contributed by atoms with E-state index in [1.54, 1.807) is 24.3 Å². The second-order valence-electron chi connectivity index (χ2n) is 6.53. The number of primary amides is 1. The van der Waals surface area contributed by atoms with Gasteiger partial charge in [0.15, 0.2) is 0 Å². The molecule has 0 aromatic heterocycles. The topological polar surface area (TPSA) is 104 Å². The maximum atomic E-state index is 13.3. The summed E-state index contributed by atoms with van der Waals surface area (Å²) in [5.74, 6) is -0.929. The van der Waals surface area contributed by atoms with E-state index in [0.717, 1.165) is 17.3 Å². The second-order valence-corrected chi connectivity index (χ2v) is 7.45. The first kappa shape index (κ1) is 17.7. The molecule has 1 aromatic rings. The first-order valence-electron chi connectivity index (χ1n) is 8.26. The number of carboxylic acid groups (broad SMARTS) is 1. The molecule has 1 aliphatic heterocycles. The van der Waals surface area contributed by atoms with Crippen LogP contribution >= 0.6 is 15.9 Å². The van der Waals surface area contributed by atoms with Crippen molar-refractivity contribution in [2.75, 3.05) is 11.4 Å². The van der Waals surface area contributed by atoms with Crippen LogP contribution in [-0.4, -0.2) is 46.0 Å². The van der Waals surface area contributed by atoms with Crippen LogP contribution in [0.15, 0.2) is 28.7 Å². The van der Waals surface area contributed by atoms with Crippen molar-refractivity contribution in [3.05, 3.63) is 28.7 Å². The summed E-state index contributed by atoms with van der Waals surface area (Å²) < 4.78 is 0.845. The van der Waals surface area contributed by atoms with E-state index in [1.807, 2.05) is 0 Å². The lowest BCUT2D eigenvalue weighted by Crippen LogP contribution is -2.59. The van der Waals surface area contributed by atoms with E-state index < -0.39 is 23.6 Å². The summed E-state index contributed by atoms with van der Waals surface area (Å²) in [6, 6.07) is 6.25. The molecule has 0 radical (unpaired) electrons. The number of rotatable bonds is 4. The molecule has 1 heterocycles. The van der Waals surface area contributed by atoms with Gasteiger partial charge in [0.2, 0.25) is 5.91 Å². The first-order chi connectivity index (χ1) is 11.9. The maximum absolute atomic E-state index is 13.3. The van der Waals surface area contributed by atoms with Gasteiger partial charge in [-0.25, -0.2) is 4.79 Å². The van der Waals surface area contributed by atoms with E-state index in [-0.39, 0.29) is 5.91 Å². The fourth-order valence-corrected chi connectivity index (χ4v) is 3.70. The summed E-state index contributed by atoms with van der Waals surface area (Å²) in [6.07, 6.45) is 1.83. The van der Waals surface area contributed by atoms with Crippen molar-refractivity contribution in [3.63, 3.8) is 0 Å². The number of carbonyl (C=O) groups is 3. The Balaban J connectivity index is 1.99. The zero-order chi connectivity index (χ0) is 18.2. The van der Waals surface area contributed by atoms with Crippen LogP contribution in [0.1, 0.15) is 32.1 Å². The molecule has 1 aliphatic carbocycles. The summed E-state index contributed by atoms with van der Waals surface area (Å²) in [5, 5.41) is 9.43. The number of halogens is 1. The molecule has 134 valence electrons. The molecule has 1 unspecified atom stereocenters. The van der Waals surface area contributed by atoms with Gasteiger partial charge in [0.1, 0.15) is 11.6 Å². The molecule has 0 bridgehead atoms. The lowest BCUT2D eigenvalue weighted by molar-refractivity contribution is -0.128. The summed E-state index contributed by atoms with van der Waals surface area (Å²) in [7, 11) is 0. The van der Waals surface area contributed by atoms with Crippen molar-refractivity contribution < 1.29 is 19.5 Å². The van der Waals surface area contributed by atoms with Gasteiger partial charge in [-0.15, -0.1) is 0 Å². The van der Waals surface area contributed by atoms with Gasteiger partial charge in [-0.05, 0) is 56.4 Å². The number of anilines is 1. The molecule has 0 spiro atoms. The minimum atomic E-state index is -1.11. The summed E-state index contributed by atoms with van der Waals surface area (Å²) in [6.45, 7) is 0.323. The Bertz CT molecular complexity index is 702. The average molecular weight is 410 g/mol. The highest BCUT2D eigenvalue weighted by atomic mass is 79.9. The van der Waals surface area contributed by atoms with E-state index in [0.29, 0.717) is 31.5 Å². The minimum Gasteiger partial charge on any atom is -0.465 e. The van der Waals surface area contributed by atoms with Gasteiger partial charge in [-0.3, -0.25) is 19.4 Å². The molecule has 1 atom stereocenters. The molecular weight excluding hydrogens is 390 g/mol. The van der Waals surface area contributed by atoms with Crippen LogP contribution in [0.5, 0.6) is 0 Å². The van der Waals surface area contributed by atoms with Crippen LogP contribution < -0.4 is 10.6 Å². The van der Waals surface area contributed by atoms with Crippen LogP contribution in [0.3, 0.4) is 0 Å². The minimum absolute atomic E-state index is 0.323. The first-order valence-corrected chi connectivity index (χ1v) is 9.05. The molecule has 3 amide bonds. The molecule has 2 fully saturated rings. The zero-order valence-corrected chi connectivity index (χ0v) is 15.2. The number of hydrogen-bond donors (Lipinski definition) is 2. The van der Waals surface area contributed by atoms with Crippen molar-refractivity contribution >= 4 is 39.5 Å². The fraction of sp³-hybridized carbons (Fsp3) is 0.471. The molecule has 3 N–H and O–H groups in total. The third-order valence-electron chi connectivity index (χ3n) is 4.95. The Kier molecular flexibility index (Phi) is 4.73. The van der Waals surface area contributed by atoms with E-state index in [2.05, 4.69) is 15.9 Å². The maximum Gasteiger partial charge on any atom is 0.407 e. The number of nitrogens with two attached hydrogens (primary N) is 1. The number of benzene rings is 1. The Morgan fingerprint density at radius 1 is 1.20 bits per heavy atom. The van der Waals surface area contributed by atoms with E-state index >= 15 is 0 Å². The highest BCUT2D eigenvalue weighted by Crippen LogP contribution is 2.45. The largest absolute Gasteiger partial charge is 0.465 e. The van der Waals surface area contributed by atoms with Crippen molar-refractivity contribution in [2.45, 2.75) is 43.7 Å². The molecule has 7 nitrogen and oxygen atoms in total. The van der Waals surface area contributed by atoms with Crippen LogP contribution in [0.25, 0.3) is 0 Å². The van der Waals surface area contributed by atoms with Crippen LogP contribution in [0.2, 0.25) is 0 Å². The van der Waals surface area contributed by atoms with Gasteiger partial charge in [0, 0.05) is 16.7 Å². The number of piperidine rings is 1.